The van der Waals surface area contributed by atoms with Crippen molar-refractivity contribution < 1.29 is 12.8 Å². The molecule has 0 aliphatic rings. The van der Waals surface area contributed by atoms with Crippen molar-refractivity contribution in [2.75, 3.05) is 6.54 Å². The van der Waals surface area contributed by atoms with Gasteiger partial charge in [-0.3, -0.25) is 0 Å². The maximum atomic E-state index is 12.8. The van der Waals surface area contributed by atoms with Gasteiger partial charge in [0.25, 0.3) is 0 Å². The number of rotatable bonds is 6. The topological polar surface area (TPSA) is 72.2 Å². The molecule has 6 heteroatoms. The van der Waals surface area contributed by atoms with Crippen molar-refractivity contribution in [2.45, 2.75) is 37.1 Å². The molecule has 0 saturated heterocycles. The number of sulfonamides is 1. The van der Waals surface area contributed by atoms with Gasteiger partial charge in [0.05, 0.1) is 4.90 Å². The molecule has 0 amide bonds. The molecule has 0 heterocycles. The Morgan fingerprint density at radius 1 is 1.22 bits per heavy atom. The maximum absolute atomic E-state index is 12.8. The summed E-state index contributed by atoms with van der Waals surface area (Å²) in [6.07, 6.45) is 1.20. The Morgan fingerprint density at radius 2 is 1.72 bits per heavy atom. The molecule has 0 fully saturated rings. The van der Waals surface area contributed by atoms with Gasteiger partial charge >= 0.3 is 0 Å². The number of hydrogen-bond acceptors (Lipinski definition) is 3. The first kappa shape index (κ1) is 15.1. The van der Waals surface area contributed by atoms with Crippen LogP contribution in [0.15, 0.2) is 29.2 Å². The fraction of sp³-hybridized carbons (Fsp3) is 0.500. The average molecular weight is 274 g/mol. The van der Waals surface area contributed by atoms with Crippen LogP contribution in [0.3, 0.4) is 0 Å². The molecule has 3 N–H and O–H groups in total. The third-order valence-electron chi connectivity index (χ3n) is 3.22. The van der Waals surface area contributed by atoms with Crippen LogP contribution in [0.1, 0.15) is 26.7 Å². The van der Waals surface area contributed by atoms with E-state index in [-0.39, 0.29) is 11.4 Å². The van der Waals surface area contributed by atoms with Crippen LogP contribution in [0, 0.1) is 5.82 Å². The Balaban J connectivity index is 3.04. The third-order valence-corrected chi connectivity index (χ3v) is 4.81. The molecule has 1 aromatic carbocycles. The van der Waals surface area contributed by atoms with Crippen LogP contribution in [-0.4, -0.2) is 20.5 Å². The molecule has 0 saturated carbocycles. The number of nitrogens with one attached hydrogen (secondary N) is 1. The first-order chi connectivity index (χ1) is 8.39. The summed E-state index contributed by atoms with van der Waals surface area (Å²) in [6.45, 7) is 3.98. The number of nitrogens with two attached hydrogens (primary N) is 1. The van der Waals surface area contributed by atoms with Gasteiger partial charge in [-0.25, -0.2) is 17.5 Å². The van der Waals surface area contributed by atoms with Crippen LogP contribution in [0.4, 0.5) is 4.39 Å². The Hall–Kier alpha value is -0.980. The van der Waals surface area contributed by atoms with Crippen LogP contribution in [-0.2, 0) is 10.0 Å². The smallest absolute Gasteiger partial charge is 0.241 e. The minimum absolute atomic E-state index is 0.0450. The van der Waals surface area contributed by atoms with E-state index < -0.39 is 21.4 Å². The molecular weight excluding hydrogens is 255 g/mol. The predicted molar refractivity (Wildman–Crippen MR) is 69.1 cm³/mol. The molecule has 18 heavy (non-hydrogen) atoms. The van der Waals surface area contributed by atoms with Gasteiger partial charge in [0.15, 0.2) is 0 Å². The van der Waals surface area contributed by atoms with Crippen LogP contribution in [0.2, 0.25) is 0 Å². The normalized spacial score (nSPS) is 12.7. The molecular formula is C12H19FN2O2S. The Labute approximate surface area is 107 Å². The molecule has 0 spiro atoms. The molecule has 1 rings (SSSR count). The molecule has 0 aliphatic carbocycles. The Bertz CT molecular complexity index is 473. The van der Waals surface area contributed by atoms with Crippen molar-refractivity contribution >= 4 is 10.0 Å². The first-order valence-corrected chi connectivity index (χ1v) is 7.37. The molecule has 0 aromatic heterocycles. The SMILES string of the molecule is CCC(CC)(CN)NS(=O)(=O)c1ccc(F)cc1. The van der Waals surface area contributed by atoms with E-state index in [4.69, 9.17) is 5.73 Å². The lowest BCUT2D eigenvalue weighted by molar-refractivity contribution is 0.363. The van der Waals surface area contributed by atoms with Crippen molar-refractivity contribution in [1.82, 2.24) is 4.72 Å². The van der Waals surface area contributed by atoms with Gasteiger partial charge in [0, 0.05) is 12.1 Å². The van der Waals surface area contributed by atoms with E-state index in [1.165, 1.54) is 12.1 Å². The molecule has 102 valence electrons. The number of benzene rings is 1. The largest absolute Gasteiger partial charge is 0.329 e. The van der Waals surface area contributed by atoms with Crippen molar-refractivity contribution in [3.05, 3.63) is 30.1 Å². The summed E-state index contributed by atoms with van der Waals surface area (Å²) < 4.78 is 39.7. The lowest BCUT2D eigenvalue weighted by Crippen LogP contribution is -2.52. The van der Waals surface area contributed by atoms with E-state index in [0.717, 1.165) is 12.1 Å². The Morgan fingerprint density at radius 3 is 2.11 bits per heavy atom. The molecule has 4 nitrogen and oxygen atoms in total. The number of halogens is 1. The third kappa shape index (κ3) is 3.28. The zero-order valence-corrected chi connectivity index (χ0v) is 11.4. The van der Waals surface area contributed by atoms with E-state index >= 15 is 0 Å². The molecule has 1 aromatic rings. The molecule has 0 atom stereocenters. The van der Waals surface area contributed by atoms with Crippen LogP contribution < -0.4 is 10.5 Å². The highest BCUT2D eigenvalue weighted by molar-refractivity contribution is 7.89. The summed E-state index contributed by atoms with van der Waals surface area (Å²) >= 11 is 0. The average Bonchev–Trinajstić information content (AvgIpc) is 2.37. The van der Waals surface area contributed by atoms with E-state index in [1.807, 2.05) is 13.8 Å². The first-order valence-electron chi connectivity index (χ1n) is 5.89. The highest BCUT2D eigenvalue weighted by Gasteiger charge is 2.30. The van der Waals surface area contributed by atoms with Gasteiger partial charge < -0.3 is 5.73 Å². The van der Waals surface area contributed by atoms with Gasteiger partial charge in [0.2, 0.25) is 10.0 Å². The van der Waals surface area contributed by atoms with Gasteiger partial charge in [0.1, 0.15) is 5.82 Å². The molecule has 0 bridgehead atoms. The summed E-state index contributed by atoms with van der Waals surface area (Å²) in [6, 6.07) is 4.72. The highest BCUT2D eigenvalue weighted by atomic mass is 32.2. The van der Waals surface area contributed by atoms with Gasteiger partial charge in [-0.1, -0.05) is 13.8 Å². The van der Waals surface area contributed by atoms with E-state index in [9.17, 15) is 12.8 Å². The molecule has 0 unspecified atom stereocenters. The van der Waals surface area contributed by atoms with Crippen molar-refractivity contribution in [3.63, 3.8) is 0 Å². The summed E-state index contributed by atoms with van der Waals surface area (Å²) in [7, 11) is -3.67. The quantitative estimate of drug-likeness (QED) is 0.828. The number of hydrogen-bond donors (Lipinski definition) is 2. The minimum Gasteiger partial charge on any atom is -0.329 e. The monoisotopic (exact) mass is 274 g/mol. The van der Waals surface area contributed by atoms with Gasteiger partial charge in [-0.05, 0) is 37.1 Å². The summed E-state index contributed by atoms with van der Waals surface area (Å²) in [5.41, 5.74) is 5.01. The highest BCUT2D eigenvalue weighted by Crippen LogP contribution is 2.18. The standard InChI is InChI=1S/C12H19FN2O2S/c1-3-12(4-2,9-14)15-18(16,17)11-7-5-10(13)6-8-11/h5-8,15H,3-4,9,14H2,1-2H3. The van der Waals surface area contributed by atoms with Crippen molar-refractivity contribution in [1.29, 1.82) is 0 Å². The second-order valence-electron chi connectivity index (χ2n) is 4.25. The van der Waals surface area contributed by atoms with E-state index in [0.29, 0.717) is 12.8 Å². The molecule has 0 aliphatic heterocycles. The fourth-order valence-electron chi connectivity index (χ4n) is 1.68. The second-order valence-corrected chi connectivity index (χ2v) is 5.93. The zero-order valence-electron chi connectivity index (χ0n) is 10.6. The summed E-state index contributed by atoms with van der Waals surface area (Å²) in [5, 5.41) is 0. The summed E-state index contributed by atoms with van der Waals surface area (Å²) in [4.78, 5) is 0.0450. The van der Waals surface area contributed by atoms with Crippen LogP contribution in [0.5, 0.6) is 0 Å². The van der Waals surface area contributed by atoms with E-state index in [2.05, 4.69) is 4.72 Å². The zero-order chi connectivity index (χ0) is 13.8. The van der Waals surface area contributed by atoms with Crippen molar-refractivity contribution in [3.8, 4) is 0 Å². The van der Waals surface area contributed by atoms with Crippen molar-refractivity contribution in [2.24, 2.45) is 5.73 Å². The maximum Gasteiger partial charge on any atom is 0.241 e. The fourth-order valence-corrected chi connectivity index (χ4v) is 3.24. The second kappa shape index (κ2) is 5.77. The van der Waals surface area contributed by atoms with Crippen LogP contribution >= 0.6 is 0 Å². The minimum atomic E-state index is -3.67. The van der Waals surface area contributed by atoms with E-state index in [1.54, 1.807) is 0 Å². The lowest BCUT2D eigenvalue weighted by atomic mass is 9.95. The summed E-state index contributed by atoms with van der Waals surface area (Å²) in [5.74, 6) is -0.468. The van der Waals surface area contributed by atoms with Gasteiger partial charge in [-0.2, -0.15) is 0 Å². The van der Waals surface area contributed by atoms with Gasteiger partial charge in [-0.15, -0.1) is 0 Å². The molecule has 0 radical (unpaired) electrons. The Kier molecular flexibility index (Phi) is 4.84. The van der Waals surface area contributed by atoms with Crippen LogP contribution in [0.25, 0.3) is 0 Å². The lowest BCUT2D eigenvalue weighted by Gasteiger charge is -2.30. The predicted octanol–water partition coefficient (Wildman–Crippen LogP) is 1.62.